The lowest BCUT2D eigenvalue weighted by Gasteiger charge is -2.15. The number of hydrogen-bond acceptors (Lipinski definition) is 5. The van der Waals surface area contributed by atoms with Gasteiger partial charge in [-0.1, -0.05) is 18.2 Å². The lowest BCUT2D eigenvalue weighted by molar-refractivity contribution is -0.122. The number of nitrogens with one attached hydrogen (secondary N) is 1. The number of benzene rings is 2. The first-order valence-electron chi connectivity index (χ1n) is 8.18. The number of carbonyl (C=O) groups excluding carboxylic acids is 2. The fourth-order valence-corrected chi connectivity index (χ4v) is 3.35. The number of anilines is 1. The van der Waals surface area contributed by atoms with E-state index in [9.17, 15) is 9.59 Å². The lowest BCUT2D eigenvalue weighted by Crippen LogP contribution is -2.33. The van der Waals surface area contributed by atoms with Gasteiger partial charge in [-0.05, 0) is 72.6 Å². The largest absolute Gasteiger partial charge is 0.497 e. The Balaban J connectivity index is 1.69. The van der Waals surface area contributed by atoms with Crippen LogP contribution in [0.4, 0.5) is 10.5 Å². The van der Waals surface area contributed by atoms with Crippen molar-refractivity contribution in [2.75, 3.05) is 19.1 Å². The summed E-state index contributed by atoms with van der Waals surface area (Å²) in [5, 5.41) is 2.87. The summed E-state index contributed by atoms with van der Waals surface area (Å²) in [6, 6.07) is 13.3. The highest BCUT2D eigenvalue weighted by molar-refractivity contribution is 8.18. The number of ether oxygens (including phenoxy) is 1. The van der Waals surface area contributed by atoms with Gasteiger partial charge in [-0.2, -0.15) is 0 Å². The Kier molecular flexibility index (Phi) is 5.32. The van der Waals surface area contributed by atoms with E-state index in [1.807, 2.05) is 56.3 Å². The van der Waals surface area contributed by atoms with Crippen LogP contribution in [-0.2, 0) is 4.79 Å². The Bertz CT molecular complexity index is 875. The third-order valence-corrected chi connectivity index (χ3v) is 5.14. The van der Waals surface area contributed by atoms with Crippen LogP contribution in [0.1, 0.15) is 16.7 Å². The SMILES string of the molecule is COc1ccc(C=C2SC(=O)N(CNc3ccc(C)c(C)c3)C2=O)cc1. The summed E-state index contributed by atoms with van der Waals surface area (Å²) in [5.74, 6) is 0.458. The van der Waals surface area contributed by atoms with Crippen LogP contribution in [0.15, 0.2) is 47.4 Å². The van der Waals surface area contributed by atoms with Gasteiger partial charge in [-0.25, -0.2) is 0 Å². The van der Waals surface area contributed by atoms with E-state index >= 15 is 0 Å². The van der Waals surface area contributed by atoms with Crippen molar-refractivity contribution in [3.63, 3.8) is 0 Å². The standard InChI is InChI=1S/C20H20N2O3S/c1-13-4-7-16(10-14(13)2)21-12-22-19(23)18(26-20(22)24)11-15-5-8-17(25-3)9-6-15/h4-11,21H,12H2,1-3H3. The van der Waals surface area contributed by atoms with E-state index in [0.717, 1.165) is 34.3 Å². The summed E-state index contributed by atoms with van der Waals surface area (Å²) in [5.41, 5.74) is 4.08. The minimum Gasteiger partial charge on any atom is -0.497 e. The average molecular weight is 368 g/mol. The molecule has 2 aromatic rings. The molecule has 0 aromatic heterocycles. The normalized spacial score (nSPS) is 15.7. The molecular formula is C20H20N2O3S. The molecule has 1 heterocycles. The molecule has 0 aliphatic carbocycles. The first kappa shape index (κ1) is 18.1. The average Bonchev–Trinajstić information content (AvgIpc) is 2.90. The smallest absolute Gasteiger partial charge is 0.295 e. The molecule has 1 saturated heterocycles. The van der Waals surface area contributed by atoms with Crippen LogP contribution in [0.3, 0.4) is 0 Å². The molecule has 2 amide bonds. The van der Waals surface area contributed by atoms with Gasteiger partial charge in [0.25, 0.3) is 11.1 Å². The van der Waals surface area contributed by atoms with Gasteiger partial charge in [-0.15, -0.1) is 0 Å². The number of nitrogens with zero attached hydrogens (tertiary/aromatic N) is 1. The van der Waals surface area contributed by atoms with Crippen molar-refractivity contribution in [3.8, 4) is 5.75 Å². The number of thioether (sulfide) groups is 1. The lowest BCUT2D eigenvalue weighted by atomic mass is 10.1. The van der Waals surface area contributed by atoms with E-state index in [1.165, 1.54) is 10.5 Å². The topological polar surface area (TPSA) is 58.6 Å². The van der Waals surface area contributed by atoms with Crippen molar-refractivity contribution in [1.82, 2.24) is 4.90 Å². The Morgan fingerprint density at radius 3 is 2.46 bits per heavy atom. The van der Waals surface area contributed by atoms with Crippen LogP contribution >= 0.6 is 11.8 Å². The molecular weight excluding hydrogens is 348 g/mol. The summed E-state index contributed by atoms with van der Waals surface area (Å²) in [4.78, 5) is 26.4. The van der Waals surface area contributed by atoms with Gasteiger partial charge >= 0.3 is 0 Å². The van der Waals surface area contributed by atoms with E-state index in [0.29, 0.717) is 4.91 Å². The van der Waals surface area contributed by atoms with Gasteiger partial charge in [-0.3, -0.25) is 14.5 Å². The van der Waals surface area contributed by atoms with E-state index < -0.39 is 0 Å². The zero-order valence-corrected chi connectivity index (χ0v) is 15.7. The molecule has 0 unspecified atom stereocenters. The molecule has 1 fully saturated rings. The molecule has 1 aliphatic rings. The van der Waals surface area contributed by atoms with Crippen molar-refractivity contribution < 1.29 is 14.3 Å². The number of methoxy groups -OCH3 is 1. The molecule has 1 aliphatic heterocycles. The fraction of sp³-hybridized carbons (Fsp3) is 0.200. The van der Waals surface area contributed by atoms with Crippen LogP contribution in [-0.4, -0.2) is 29.8 Å². The molecule has 6 heteroatoms. The first-order valence-corrected chi connectivity index (χ1v) is 9.00. The Labute approximate surface area is 157 Å². The monoisotopic (exact) mass is 368 g/mol. The first-order chi connectivity index (χ1) is 12.5. The Morgan fingerprint density at radius 2 is 1.81 bits per heavy atom. The van der Waals surface area contributed by atoms with Crippen LogP contribution < -0.4 is 10.1 Å². The number of amides is 2. The zero-order valence-electron chi connectivity index (χ0n) is 14.9. The van der Waals surface area contributed by atoms with Crippen LogP contribution in [0.5, 0.6) is 5.75 Å². The van der Waals surface area contributed by atoms with Crippen molar-refractivity contribution >= 4 is 34.7 Å². The van der Waals surface area contributed by atoms with Crippen LogP contribution in [0.25, 0.3) is 6.08 Å². The molecule has 0 atom stereocenters. The zero-order chi connectivity index (χ0) is 18.7. The van der Waals surface area contributed by atoms with Crippen molar-refractivity contribution in [3.05, 3.63) is 64.1 Å². The molecule has 0 bridgehead atoms. The minimum atomic E-state index is -0.285. The second-order valence-electron chi connectivity index (χ2n) is 6.02. The number of imide groups is 1. The molecule has 0 saturated carbocycles. The summed E-state index contributed by atoms with van der Waals surface area (Å²) in [7, 11) is 1.60. The molecule has 0 spiro atoms. The van der Waals surface area contributed by atoms with Gasteiger partial charge in [0, 0.05) is 5.69 Å². The summed E-state index contributed by atoms with van der Waals surface area (Å²) in [6.07, 6.45) is 1.72. The van der Waals surface area contributed by atoms with Gasteiger partial charge in [0.15, 0.2) is 0 Å². The van der Waals surface area contributed by atoms with Crippen LogP contribution in [0.2, 0.25) is 0 Å². The van der Waals surface area contributed by atoms with Crippen molar-refractivity contribution in [1.29, 1.82) is 0 Å². The van der Waals surface area contributed by atoms with Crippen LogP contribution in [0, 0.1) is 13.8 Å². The van der Waals surface area contributed by atoms with Gasteiger partial charge in [0.05, 0.1) is 18.7 Å². The number of carbonyl (C=O) groups is 2. The highest BCUT2D eigenvalue weighted by Gasteiger charge is 2.34. The van der Waals surface area contributed by atoms with E-state index in [1.54, 1.807) is 13.2 Å². The van der Waals surface area contributed by atoms with Crippen molar-refractivity contribution in [2.24, 2.45) is 0 Å². The maximum atomic E-state index is 12.5. The highest BCUT2D eigenvalue weighted by atomic mass is 32.2. The molecule has 3 rings (SSSR count). The third kappa shape index (κ3) is 3.91. The van der Waals surface area contributed by atoms with E-state index in [2.05, 4.69) is 5.32 Å². The number of hydrogen-bond donors (Lipinski definition) is 1. The quantitative estimate of drug-likeness (QED) is 0.792. The molecule has 134 valence electrons. The summed E-state index contributed by atoms with van der Waals surface area (Å²) >= 11 is 0.955. The predicted molar refractivity (Wildman–Crippen MR) is 105 cm³/mol. The van der Waals surface area contributed by atoms with E-state index in [-0.39, 0.29) is 17.8 Å². The number of rotatable bonds is 5. The molecule has 2 aromatic carbocycles. The number of aryl methyl sites for hydroxylation is 2. The van der Waals surface area contributed by atoms with Gasteiger partial charge < -0.3 is 10.1 Å². The second-order valence-corrected chi connectivity index (χ2v) is 7.01. The van der Waals surface area contributed by atoms with Crippen molar-refractivity contribution in [2.45, 2.75) is 13.8 Å². The third-order valence-electron chi connectivity index (χ3n) is 4.24. The predicted octanol–water partition coefficient (Wildman–Crippen LogP) is 4.42. The van der Waals surface area contributed by atoms with Gasteiger partial charge in [0.1, 0.15) is 5.75 Å². The Morgan fingerprint density at radius 1 is 1.08 bits per heavy atom. The Hall–Kier alpha value is -2.73. The maximum Gasteiger partial charge on any atom is 0.295 e. The summed E-state index contributed by atoms with van der Waals surface area (Å²) in [6.45, 7) is 4.21. The molecule has 26 heavy (non-hydrogen) atoms. The molecule has 0 radical (unpaired) electrons. The maximum absolute atomic E-state index is 12.5. The second kappa shape index (κ2) is 7.66. The highest BCUT2D eigenvalue weighted by Crippen LogP contribution is 2.32. The fourth-order valence-electron chi connectivity index (χ4n) is 2.51. The van der Waals surface area contributed by atoms with Gasteiger partial charge in [0.2, 0.25) is 0 Å². The van der Waals surface area contributed by atoms with E-state index in [4.69, 9.17) is 4.74 Å². The summed E-state index contributed by atoms with van der Waals surface area (Å²) < 4.78 is 5.12. The molecule has 5 nitrogen and oxygen atoms in total. The molecule has 1 N–H and O–H groups in total. The minimum absolute atomic E-state index is 0.146.